The second-order valence-electron chi connectivity index (χ2n) is 6.19. The summed E-state index contributed by atoms with van der Waals surface area (Å²) in [5, 5.41) is 26.0. The van der Waals surface area contributed by atoms with E-state index in [9.17, 15) is 9.90 Å². The molecule has 1 aliphatic carbocycles. The number of oxime groups is 1. The lowest BCUT2D eigenvalue weighted by Crippen LogP contribution is -2.41. The van der Waals surface area contributed by atoms with Crippen molar-refractivity contribution in [3.05, 3.63) is 59.7 Å². The average molecular weight is 354 g/mol. The zero-order chi connectivity index (χ0) is 18.5. The predicted octanol–water partition coefficient (Wildman–Crippen LogP) is 2.25. The van der Waals surface area contributed by atoms with Gasteiger partial charge in [-0.15, -0.1) is 0 Å². The summed E-state index contributed by atoms with van der Waals surface area (Å²) in [6.45, 7) is 1.88. The molecule has 2 aromatic carbocycles. The van der Waals surface area contributed by atoms with Crippen LogP contribution < -0.4 is 5.32 Å². The van der Waals surface area contributed by atoms with Crippen molar-refractivity contribution >= 4 is 11.7 Å². The molecule has 26 heavy (non-hydrogen) atoms. The monoisotopic (exact) mass is 354 g/mol. The fraction of sp³-hybridized carbons (Fsp3) is 0.300. The van der Waals surface area contributed by atoms with E-state index in [1.165, 1.54) is 0 Å². The Morgan fingerprint density at radius 1 is 1.08 bits per heavy atom. The molecule has 0 aromatic heterocycles. The van der Waals surface area contributed by atoms with Gasteiger partial charge in [0.1, 0.15) is 24.5 Å². The number of nitrogens with zero attached hydrogens (tertiary/aromatic N) is 1. The van der Waals surface area contributed by atoms with Crippen molar-refractivity contribution in [2.24, 2.45) is 5.16 Å². The number of rotatable bonds is 8. The van der Waals surface area contributed by atoms with Crippen LogP contribution in [0.15, 0.2) is 53.7 Å². The standard InChI is InChI=1S/C20H22N2O4/c1-2-18(20(24)25)21-11-13(23)12-26-22-19-16-9-5-3-7-14(16)15-8-4-6-10-17(15)19/h3-10,13,18,21,23H,2,11-12H2,1H3,(H,24,25). The Kier molecular flexibility index (Phi) is 5.65. The molecule has 0 radical (unpaired) electrons. The first-order valence-electron chi connectivity index (χ1n) is 8.65. The maximum atomic E-state index is 11.0. The number of carboxylic acid groups (broad SMARTS) is 1. The number of aliphatic hydroxyl groups excluding tert-OH is 1. The van der Waals surface area contributed by atoms with E-state index in [4.69, 9.17) is 9.94 Å². The Balaban J connectivity index is 1.65. The summed E-state index contributed by atoms with van der Waals surface area (Å²) in [5.41, 5.74) is 4.96. The molecule has 0 heterocycles. The van der Waals surface area contributed by atoms with Gasteiger partial charge >= 0.3 is 5.97 Å². The summed E-state index contributed by atoms with van der Waals surface area (Å²) in [6, 6.07) is 15.3. The van der Waals surface area contributed by atoms with E-state index in [0.717, 1.165) is 28.0 Å². The smallest absolute Gasteiger partial charge is 0.320 e. The minimum absolute atomic E-state index is 0.0170. The number of hydrogen-bond acceptors (Lipinski definition) is 5. The number of fused-ring (bicyclic) bond motifs is 3. The third kappa shape index (κ3) is 3.76. The zero-order valence-corrected chi connectivity index (χ0v) is 14.6. The SMILES string of the molecule is CCC(NCC(O)CON=C1c2ccccc2-c2ccccc21)C(=O)O. The molecule has 0 fully saturated rings. The summed E-state index contributed by atoms with van der Waals surface area (Å²) in [5.74, 6) is -0.931. The fourth-order valence-electron chi connectivity index (χ4n) is 3.02. The summed E-state index contributed by atoms with van der Waals surface area (Å²) < 4.78 is 0. The van der Waals surface area contributed by atoms with Crippen molar-refractivity contribution < 1.29 is 19.8 Å². The molecule has 0 bridgehead atoms. The van der Waals surface area contributed by atoms with Crippen LogP contribution in [0.2, 0.25) is 0 Å². The summed E-state index contributed by atoms with van der Waals surface area (Å²) in [4.78, 5) is 16.3. The molecule has 6 heteroatoms. The summed E-state index contributed by atoms with van der Waals surface area (Å²) >= 11 is 0. The molecule has 3 rings (SSSR count). The lowest BCUT2D eigenvalue weighted by atomic mass is 10.1. The second kappa shape index (κ2) is 8.12. The first kappa shape index (κ1) is 18.1. The highest BCUT2D eigenvalue weighted by atomic mass is 16.6. The quantitative estimate of drug-likeness (QED) is 0.540. The van der Waals surface area contributed by atoms with E-state index in [0.29, 0.717) is 6.42 Å². The highest BCUT2D eigenvalue weighted by Gasteiger charge is 2.24. The largest absolute Gasteiger partial charge is 0.480 e. The maximum absolute atomic E-state index is 11.0. The van der Waals surface area contributed by atoms with Crippen molar-refractivity contribution in [1.29, 1.82) is 0 Å². The van der Waals surface area contributed by atoms with Crippen molar-refractivity contribution in [2.45, 2.75) is 25.5 Å². The first-order chi connectivity index (χ1) is 12.6. The van der Waals surface area contributed by atoms with Crippen molar-refractivity contribution in [3.63, 3.8) is 0 Å². The molecule has 0 saturated heterocycles. The Labute approximate surface area is 152 Å². The minimum Gasteiger partial charge on any atom is -0.480 e. The molecule has 0 spiro atoms. The van der Waals surface area contributed by atoms with Gasteiger partial charge in [0.25, 0.3) is 0 Å². The molecule has 1 aliphatic rings. The van der Waals surface area contributed by atoms with Crippen molar-refractivity contribution in [1.82, 2.24) is 5.32 Å². The van der Waals surface area contributed by atoms with Crippen molar-refractivity contribution in [2.75, 3.05) is 13.2 Å². The molecule has 0 saturated carbocycles. The molecular formula is C20H22N2O4. The van der Waals surface area contributed by atoms with Gasteiger partial charge in [0.15, 0.2) is 0 Å². The Morgan fingerprint density at radius 3 is 2.12 bits per heavy atom. The molecule has 136 valence electrons. The Morgan fingerprint density at radius 2 is 1.62 bits per heavy atom. The van der Waals surface area contributed by atoms with Crippen LogP contribution in [0.25, 0.3) is 11.1 Å². The number of benzene rings is 2. The number of carbonyl (C=O) groups is 1. The van der Waals surface area contributed by atoms with Crippen LogP contribution in [-0.2, 0) is 9.63 Å². The maximum Gasteiger partial charge on any atom is 0.320 e. The zero-order valence-electron chi connectivity index (χ0n) is 14.6. The molecule has 0 amide bonds. The number of nitrogens with one attached hydrogen (secondary N) is 1. The topological polar surface area (TPSA) is 91.1 Å². The summed E-state index contributed by atoms with van der Waals surface area (Å²) in [7, 11) is 0. The normalized spacial score (nSPS) is 14.3. The third-order valence-corrected chi connectivity index (χ3v) is 4.38. The molecule has 3 N–H and O–H groups in total. The van der Waals surface area contributed by atoms with E-state index < -0.39 is 18.1 Å². The third-order valence-electron chi connectivity index (χ3n) is 4.38. The van der Waals surface area contributed by atoms with Gasteiger partial charge in [-0.1, -0.05) is 60.6 Å². The molecule has 2 atom stereocenters. The van der Waals surface area contributed by atoms with Crippen LogP contribution in [0.1, 0.15) is 24.5 Å². The van der Waals surface area contributed by atoms with Gasteiger partial charge in [-0.25, -0.2) is 0 Å². The minimum atomic E-state index is -0.931. The van der Waals surface area contributed by atoms with Gasteiger partial charge in [0, 0.05) is 17.7 Å². The highest BCUT2D eigenvalue weighted by molar-refractivity contribution is 6.24. The molecular weight excluding hydrogens is 332 g/mol. The van der Waals surface area contributed by atoms with Gasteiger partial charge in [-0.2, -0.15) is 0 Å². The fourth-order valence-corrected chi connectivity index (χ4v) is 3.02. The lowest BCUT2D eigenvalue weighted by Gasteiger charge is -2.15. The average Bonchev–Trinajstić information content (AvgIpc) is 2.96. The van der Waals surface area contributed by atoms with Crippen LogP contribution in [0.5, 0.6) is 0 Å². The van der Waals surface area contributed by atoms with Gasteiger partial charge in [-0.05, 0) is 17.5 Å². The van der Waals surface area contributed by atoms with E-state index in [1.807, 2.05) is 48.5 Å². The highest BCUT2D eigenvalue weighted by Crippen LogP contribution is 2.36. The Bertz CT molecular complexity index is 771. The van der Waals surface area contributed by atoms with Gasteiger partial charge in [-0.3, -0.25) is 4.79 Å². The van der Waals surface area contributed by atoms with E-state index >= 15 is 0 Å². The number of carboxylic acids is 1. The van der Waals surface area contributed by atoms with Crippen LogP contribution in [-0.4, -0.2) is 47.2 Å². The van der Waals surface area contributed by atoms with Gasteiger partial charge in [0.2, 0.25) is 0 Å². The first-order valence-corrected chi connectivity index (χ1v) is 8.65. The predicted molar refractivity (Wildman–Crippen MR) is 99.2 cm³/mol. The molecule has 2 aromatic rings. The van der Waals surface area contributed by atoms with Gasteiger partial charge in [0.05, 0.1) is 0 Å². The molecule has 6 nitrogen and oxygen atoms in total. The van der Waals surface area contributed by atoms with Crippen LogP contribution in [0.3, 0.4) is 0 Å². The lowest BCUT2D eigenvalue weighted by molar-refractivity contribution is -0.139. The number of aliphatic hydroxyl groups is 1. The van der Waals surface area contributed by atoms with E-state index in [1.54, 1.807) is 6.92 Å². The molecule has 0 aliphatic heterocycles. The van der Waals surface area contributed by atoms with Crippen LogP contribution in [0.4, 0.5) is 0 Å². The van der Waals surface area contributed by atoms with E-state index in [2.05, 4.69) is 10.5 Å². The van der Waals surface area contributed by atoms with Gasteiger partial charge < -0.3 is 20.4 Å². The number of hydrogen-bond donors (Lipinski definition) is 3. The Hall–Kier alpha value is -2.70. The second-order valence-corrected chi connectivity index (χ2v) is 6.19. The van der Waals surface area contributed by atoms with Crippen LogP contribution in [0, 0.1) is 0 Å². The number of aliphatic carboxylic acids is 1. The summed E-state index contributed by atoms with van der Waals surface area (Å²) in [6.07, 6.45) is -0.404. The van der Waals surface area contributed by atoms with E-state index in [-0.39, 0.29) is 13.2 Å². The van der Waals surface area contributed by atoms with Crippen molar-refractivity contribution in [3.8, 4) is 11.1 Å². The molecule has 2 unspecified atom stereocenters. The van der Waals surface area contributed by atoms with Crippen LogP contribution >= 0.6 is 0 Å².